The molecule has 2 atom stereocenters. The highest BCUT2D eigenvalue weighted by Crippen LogP contribution is 2.34. The monoisotopic (exact) mass is 294 g/mol. The summed E-state index contributed by atoms with van der Waals surface area (Å²) in [7, 11) is 1.58. The molecule has 2 unspecified atom stereocenters. The number of rotatable bonds is 6. The fraction of sp³-hybridized carbons (Fsp3) is 0.400. The van der Waals surface area contributed by atoms with Crippen molar-refractivity contribution in [3.63, 3.8) is 0 Å². The van der Waals surface area contributed by atoms with Crippen molar-refractivity contribution < 1.29 is 9.84 Å². The molecule has 0 aliphatic carbocycles. The molecular weight excluding hydrogens is 276 g/mol. The van der Waals surface area contributed by atoms with Crippen molar-refractivity contribution in [2.75, 3.05) is 7.11 Å². The molecule has 1 heterocycles. The first-order valence-corrected chi connectivity index (χ1v) is 7.03. The number of halogens is 1. The first kappa shape index (κ1) is 15.0. The topological polar surface area (TPSA) is 47.3 Å². The van der Waals surface area contributed by atoms with Gasteiger partial charge in [-0.15, -0.1) is 0 Å². The van der Waals surface area contributed by atoms with Gasteiger partial charge in [0.15, 0.2) is 0 Å². The standard InChI is InChI=1S/C15H19ClN2O2/c1-3-9-18-13(12(16)10-17-18)14(19)15(20-2)11-7-5-4-6-8-11/h4-8,10,14-15,19H,3,9H2,1-2H3. The molecule has 4 nitrogen and oxygen atoms in total. The second-order valence-corrected chi connectivity index (χ2v) is 5.02. The minimum atomic E-state index is -0.857. The lowest BCUT2D eigenvalue weighted by atomic mass is 10.0. The molecule has 0 aliphatic heterocycles. The molecule has 2 aromatic rings. The Morgan fingerprint density at radius 1 is 1.35 bits per heavy atom. The quantitative estimate of drug-likeness (QED) is 0.888. The summed E-state index contributed by atoms with van der Waals surface area (Å²) in [5, 5.41) is 15.3. The normalized spacial score (nSPS) is 14.2. The lowest BCUT2D eigenvalue weighted by Crippen LogP contribution is -2.17. The number of methoxy groups -OCH3 is 1. The molecule has 1 aromatic carbocycles. The van der Waals surface area contributed by atoms with E-state index in [1.54, 1.807) is 18.0 Å². The highest BCUT2D eigenvalue weighted by atomic mass is 35.5. The Balaban J connectivity index is 2.34. The first-order chi connectivity index (χ1) is 9.69. The molecule has 2 rings (SSSR count). The minimum Gasteiger partial charge on any atom is -0.384 e. The predicted octanol–water partition coefficient (Wildman–Crippen LogP) is 3.37. The van der Waals surface area contributed by atoms with Gasteiger partial charge in [0, 0.05) is 13.7 Å². The number of ether oxygens (including phenoxy) is 1. The Bertz CT molecular complexity index is 542. The van der Waals surface area contributed by atoms with Crippen LogP contribution in [0.1, 0.15) is 36.8 Å². The molecule has 0 aliphatic rings. The van der Waals surface area contributed by atoms with E-state index in [0.29, 0.717) is 17.3 Å². The number of nitrogens with zero attached hydrogens (tertiary/aromatic N) is 2. The maximum absolute atomic E-state index is 10.6. The number of aliphatic hydroxyl groups is 1. The SMILES string of the molecule is CCCn1ncc(Cl)c1C(O)C(OC)c1ccccc1. The fourth-order valence-electron chi connectivity index (χ4n) is 2.29. The zero-order valence-electron chi connectivity index (χ0n) is 11.7. The lowest BCUT2D eigenvalue weighted by molar-refractivity contribution is -0.0192. The van der Waals surface area contributed by atoms with Crippen molar-refractivity contribution in [2.24, 2.45) is 0 Å². The van der Waals surface area contributed by atoms with Crippen molar-refractivity contribution in [1.82, 2.24) is 9.78 Å². The third-order valence-corrected chi connectivity index (χ3v) is 3.51. The van der Waals surface area contributed by atoms with Crippen LogP contribution in [-0.2, 0) is 11.3 Å². The molecule has 1 N–H and O–H groups in total. The van der Waals surface area contributed by atoms with Crippen molar-refractivity contribution in [3.8, 4) is 0 Å². The second kappa shape index (κ2) is 6.88. The van der Waals surface area contributed by atoms with Crippen LogP contribution in [0.3, 0.4) is 0 Å². The van der Waals surface area contributed by atoms with E-state index in [4.69, 9.17) is 16.3 Å². The summed E-state index contributed by atoms with van der Waals surface area (Å²) in [6, 6.07) is 9.60. The molecule has 0 saturated heterocycles. The van der Waals surface area contributed by atoms with E-state index in [1.807, 2.05) is 30.3 Å². The average molecular weight is 295 g/mol. The van der Waals surface area contributed by atoms with E-state index in [1.165, 1.54) is 0 Å². The highest BCUT2D eigenvalue weighted by molar-refractivity contribution is 6.31. The van der Waals surface area contributed by atoms with Crippen molar-refractivity contribution in [3.05, 3.63) is 52.8 Å². The van der Waals surface area contributed by atoms with Gasteiger partial charge in [0.05, 0.1) is 16.9 Å². The van der Waals surface area contributed by atoms with Crippen LogP contribution in [0.15, 0.2) is 36.5 Å². The lowest BCUT2D eigenvalue weighted by Gasteiger charge is -2.23. The Kier molecular flexibility index (Phi) is 5.17. The third kappa shape index (κ3) is 3.03. The summed E-state index contributed by atoms with van der Waals surface area (Å²) in [5.41, 5.74) is 1.51. The molecule has 1 aromatic heterocycles. The first-order valence-electron chi connectivity index (χ1n) is 6.66. The number of aryl methyl sites for hydroxylation is 1. The Morgan fingerprint density at radius 2 is 2.05 bits per heavy atom. The summed E-state index contributed by atoms with van der Waals surface area (Å²) in [6.07, 6.45) is 1.15. The summed E-state index contributed by atoms with van der Waals surface area (Å²) >= 11 is 6.17. The van der Waals surface area contributed by atoms with Gasteiger partial charge in [-0.3, -0.25) is 4.68 Å². The number of hydrogen-bond acceptors (Lipinski definition) is 3. The molecule has 0 bridgehead atoms. The predicted molar refractivity (Wildman–Crippen MR) is 78.7 cm³/mol. The van der Waals surface area contributed by atoms with E-state index in [2.05, 4.69) is 12.0 Å². The highest BCUT2D eigenvalue weighted by Gasteiger charge is 2.27. The molecule has 5 heteroatoms. The minimum absolute atomic E-state index is 0.462. The number of hydrogen-bond donors (Lipinski definition) is 1. The van der Waals surface area contributed by atoms with Gasteiger partial charge in [0.1, 0.15) is 12.2 Å². The summed E-state index contributed by atoms with van der Waals surface area (Å²) in [6.45, 7) is 2.76. The number of aliphatic hydroxyl groups excluding tert-OH is 1. The molecule has 0 amide bonds. The van der Waals surface area contributed by atoms with E-state index in [0.717, 1.165) is 12.0 Å². The number of aromatic nitrogens is 2. The third-order valence-electron chi connectivity index (χ3n) is 3.22. The Hall–Kier alpha value is -1.36. The van der Waals surface area contributed by atoms with E-state index < -0.39 is 12.2 Å². The maximum Gasteiger partial charge on any atom is 0.127 e. The van der Waals surface area contributed by atoms with Gasteiger partial charge in [-0.05, 0) is 12.0 Å². The van der Waals surface area contributed by atoms with Crippen LogP contribution >= 0.6 is 11.6 Å². The van der Waals surface area contributed by atoms with E-state index in [9.17, 15) is 5.11 Å². The van der Waals surface area contributed by atoms with Crippen LogP contribution in [0.2, 0.25) is 5.02 Å². The molecule has 0 radical (unpaired) electrons. The van der Waals surface area contributed by atoms with Crippen molar-refractivity contribution in [2.45, 2.75) is 32.1 Å². The summed E-state index contributed by atoms with van der Waals surface area (Å²) in [5.74, 6) is 0. The number of benzene rings is 1. The molecule has 0 spiro atoms. The average Bonchev–Trinajstić information content (AvgIpc) is 2.82. The van der Waals surface area contributed by atoms with Gasteiger partial charge in [-0.2, -0.15) is 5.10 Å². The van der Waals surface area contributed by atoms with Crippen LogP contribution < -0.4 is 0 Å². The fourth-order valence-corrected chi connectivity index (χ4v) is 2.54. The van der Waals surface area contributed by atoms with Crippen LogP contribution in [0.4, 0.5) is 0 Å². The largest absolute Gasteiger partial charge is 0.384 e. The van der Waals surface area contributed by atoms with Gasteiger partial charge in [-0.1, -0.05) is 48.9 Å². The molecular formula is C15H19ClN2O2. The Morgan fingerprint density at radius 3 is 2.65 bits per heavy atom. The van der Waals surface area contributed by atoms with Crippen molar-refractivity contribution >= 4 is 11.6 Å². The van der Waals surface area contributed by atoms with E-state index >= 15 is 0 Å². The van der Waals surface area contributed by atoms with Crippen molar-refractivity contribution in [1.29, 1.82) is 0 Å². The summed E-state index contributed by atoms with van der Waals surface area (Å²) < 4.78 is 7.20. The summed E-state index contributed by atoms with van der Waals surface area (Å²) in [4.78, 5) is 0. The van der Waals surface area contributed by atoms with Crippen LogP contribution in [0.25, 0.3) is 0 Å². The van der Waals surface area contributed by atoms with Crippen LogP contribution in [-0.4, -0.2) is 22.0 Å². The second-order valence-electron chi connectivity index (χ2n) is 4.61. The van der Waals surface area contributed by atoms with Gasteiger partial charge < -0.3 is 9.84 Å². The van der Waals surface area contributed by atoms with Gasteiger partial charge >= 0.3 is 0 Å². The smallest absolute Gasteiger partial charge is 0.127 e. The van der Waals surface area contributed by atoms with Crippen LogP contribution in [0.5, 0.6) is 0 Å². The molecule has 0 fully saturated rings. The zero-order valence-corrected chi connectivity index (χ0v) is 12.4. The van der Waals surface area contributed by atoms with Gasteiger partial charge in [0.2, 0.25) is 0 Å². The molecule has 20 heavy (non-hydrogen) atoms. The maximum atomic E-state index is 10.6. The molecule has 108 valence electrons. The van der Waals surface area contributed by atoms with Crippen LogP contribution in [0, 0.1) is 0 Å². The van der Waals surface area contributed by atoms with Gasteiger partial charge in [0.25, 0.3) is 0 Å². The molecule has 0 saturated carbocycles. The van der Waals surface area contributed by atoms with E-state index in [-0.39, 0.29) is 0 Å². The Labute approximate surface area is 123 Å². The van der Waals surface area contributed by atoms with Gasteiger partial charge in [-0.25, -0.2) is 0 Å². The zero-order chi connectivity index (χ0) is 14.5.